The molecule has 2 aromatic carbocycles. The number of hydrogen-bond acceptors (Lipinski definition) is 3. The maximum Gasteiger partial charge on any atom is 0.416 e. The summed E-state index contributed by atoms with van der Waals surface area (Å²) in [5.41, 5.74) is 0.220. The molecule has 0 spiro atoms. The molecule has 0 heterocycles. The van der Waals surface area contributed by atoms with Crippen LogP contribution in [0.1, 0.15) is 12.0 Å². The summed E-state index contributed by atoms with van der Waals surface area (Å²) in [7, 11) is 1.55. The van der Waals surface area contributed by atoms with Crippen LogP contribution in [-0.4, -0.2) is 19.6 Å². The fourth-order valence-electron chi connectivity index (χ4n) is 2.02. The smallest absolute Gasteiger partial charge is 0.416 e. The molecule has 0 radical (unpaired) electrons. The third-order valence-corrected chi connectivity index (χ3v) is 3.24. The second-order valence-electron chi connectivity index (χ2n) is 5.03. The zero-order valence-corrected chi connectivity index (χ0v) is 13.0. The van der Waals surface area contributed by atoms with Crippen LogP contribution in [0, 0.1) is 0 Å². The van der Waals surface area contributed by atoms with Crippen molar-refractivity contribution in [3.05, 3.63) is 54.1 Å². The van der Waals surface area contributed by atoms with Gasteiger partial charge in [-0.2, -0.15) is 13.2 Å². The van der Waals surface area contributed by atoms with Crippen LogP contribution in [0.5, 0.6) is 5.75 Å². The van der Waals surface area contributed by atoms with Gasteiger partial charge in [-0.25, -0.2) is 0 Å². The first-order valence-electron chi connectivity index (χ1n) is 7.23. The van der Waals surface area contributed by atoms with E-state index >= 15 is 0 Å². The molecule has 128 valence electrons. The maximum absolute atomic E-state index is 12.6. The predicted molar refractivity (Wildman–Crippen MR) is 86.2 cm³/mol. The van der Waals surface area contributed by atoms with Gasteiger partial charge in [-0.05, 0) is 42.5 Å². The molecule has 0 aliphatic heterocycles. The van der Waals surface area contributed by atoms with E-state index in [1.165, 1.54) is 12.1 Å². The topological polar surface area (TPSA) is 50.4 Å². The van der Waals surface area contributed by atoms with Gasteiger partial charge in [-0.1, -0.05) is 6.07 Å². The van der Waals surface area contributed by atoms with E-state index in [0.717, 1.165) is 12.1 Å². The molecule has 4 nitrogen and oxygen atoms in total. The quantitative estimate of drug-likeness (QED) is 0.832. The number of carbonyl (C=O) groups is 1. The highest BCUT2D eigenvalue weighted by molar-refractivity contribution is 5.91. The number of halogens is 3. The lowest BCUT2D eigenvalue weighted by molar-refractivity contribution is -0.137. The van der Waals surface area contributed by atoms with E-state index in [0.29, 0.717) is 17.1 Å². The first-order valence-corrected chi connectivity index (χ1v) is 7.23. The summed E-state index contributed by atoms with van der Waals surface area (Å²) in [6.45, 7) is 0.225. The normalized spacial score (nSPS) is 11.0. The molecule has 2 aromatic rings. The van der Waals surface area contributed by atoms with Crippen molar-refractivity contribution in [1.82, 2.24) is 0 Å². The average molecular weight is 338 g/mol. The number of carbonyl (C=O) groups excluding carboxylic acids is 1. The predicted octanol–water partition coefficient (Wildman–Crippen LogP) is 4.15. The lowest BCUT2D eigenvalue weighted by Gasteiger charge is -2.11. The van der Waals surface area contributed by atoms with E-state index in [1.54, 1.807) is 31.4 Å². The van der Waals surface area contributed by atoms with E-state index in [-0.39, 0.29) is 18.9 Å². The van der Waals surface area contributed by atoms with Crippen molar-refractivity contribution in [3.8, 4) is 5.75 Å². The first-order chi connectivity index (χ1) is 11.4. The number of ether oxygens (including phenoxy) is 1. The molecule has 7 heteroatoms. The van der Waals surface area contributed by atoms with Gasteiger partial charge in [0.05, 0.1) is 12.7 Å². The molecule has 0 unspecified atom stereocenters. The van der Waals surface area contributed by atoms with Gasteiger partial charge < -0.3 is 15.4 Å². The summed E-state index contributed by atoms with van der Waals surface area (Å²) in [5, 5.41) is 5.51. The summed E-state index contributed by atoms with van der Waals surface area (Å²) in [6.07, 6.45) is -4.26. The van der Waals surface area contributed by atoms with Crippen molar-refractivity contribution in [2.45, 2.75) is 12.6 Å². The Labute approximate surface area is 137 Å². The number of nitrogens with one attached hydrogen (secondary N) is 2. The minimum Gasteiger partial charge on any atom is -0.497 e. The lowest BCUT2D eigenvalue weighted by atomic mass is 10.2. The third kappa shape index (κ3) is 5.19. The molecule has 0 atom stereocenters. The summed E-state index contributed by atoms with van der Waals surface area (Å²) in [5.74, 6) is 0.443. The molecule has 2 rings (SSSR count). The van der Waals surface area contributed by atoms with E-state index in [1.807, 2.05) is 0 Å². The second kappa shape index (κ2) is 7.72. The Morgan fingerprint density at radius 2 is 1.79 bits per heavy atom. The van der Waals surface area contributed by atoms with Gasteiger partial charge in [0, 0.05) is 24.3 Å². The highest BCUT2D eigenvalue weighted by Gasteiger charge is 2.30. The number of anilines is 2. The van der Waals surface area contributed by atoms with Crippen LogP contribution in [0.2, 0.25) is 0 Å². The Hall–Kier alpha value is -2.70. The molecular weight excluding hydrogens is 321 g/mol. The Kier molecular flexibility index (Phi) is 5.68. The van der Waals surface area contributed by atoms with Crippen molar-refractivity contribution in [2.75, 3.05) is 24.3 Å². The van der Waals surface area contributed by atoms with Gasteiger partial charge in [0.15, 0.2) is 0 Å². The molecule has 0 fully saturated rings. The molecule has 0 bridgehead atoms. The Balaban J connectivity index is 1.82. The Morgan fingerprint density at radius 3 is 2.42 bits per heavy atom. The van der Waals surface area contributed by atoms with Crippen LogP contribution in [-0.2, 0) is 11.0 Å². The second-order valence-corrected chi connectivity index (χ2v) is 5.03. The monoisotopic (exact) mass is 338 g/mol. The fraction of sp³-hybridized carbons (Fsp3) is 0.235. The van der Waals surface area contributed by atoms with Crippen LogP contribution in [0.15, 0.2) is 48.5 Å². The van der Waals surface area contributed by atoms with E-state index in [9.17, 15) is 18.0 Å². The van der Waals surface area contributed by atoms with E-state index in [4.69, 9.17) is 4.74 Å². The number of alkyl halides is 3. The molecule has 0 aliphatic carbocycles. The SMILES string of the molecule is COc1ccc(NC(=O)CCNc2cccc(C(F)(F)F)c2)cc1. The van der Waals surface area contributed by atoms with E-state index in [2.05, 4.69) is 10.6 Å². The number of amides is 1. The molecule has 24 heavy (non-hydrogen) atoms. The number of rotatable bonds is 6. The minimum absolute atomic E-state index is 0.127. The fourth-order valence-corrected chi connectivity index (χ4v) is 2.02. The van der Waals surface area contributed by atoms with E-state index < -0.39 is 11.7 Å². The minimum atomic E-state index is -4.39. The number of methoxy groups -OCH3 is 1. The Bertz CT molecular complexity index is 685. The molecule has 0 saturated carbocycles. The van der Waals surface area contributed by atoms with Crippen molar-refractivity contribution < 1.29 is 22.7 Å². The molecule has 0 aliphatic rings. The van der Waals surface area contributed by atoms with Gasteiger partial charge in [0.25, 0.3) is 0 Å². The van der Waals surface area contributed by atoms with Gasteiger partial charge in [-0.3, -0.25) is 4.79 Å². The van der Waals surface area contributed by atoms with Crippen molar-refractivity contribution >= 4 is 17.3 Å². The maximum atomic E-state index is 12.6. The van der Waals surface area contributed by atoms with Crippen LogP contribution in [0.4, 0.5) is 24.5 Å². The van der Waals surface area contributed by atoms with Gasteiger partial charge >= 0.3 is 6.18 Å². The van der Waals surface area contributed by atoms with Crippen molar-refractivity contribution in [3.63, 3.8) is 0 Å². The summed E-state index contributed by atoms with van der Waals surface area (Å²) >= 11 is 0. The van der Waals surface area contributed by atoms with Crippen molar-refractivity contribution in [2.24, 2.45) is 0 Å². The van der Waals surface area contributed by atoms with Crippen molar-refractivity contribution in [1.29, 1.82) is 0 Å². The van der Waals surface area contributed by atoms with Crippen LogP contribution >= 0.6 is 0 Å². The van der Waals surface area contributed by atoms with Gasteiger partial charge in [-0.15, -0.1) is 0 Å². The molecule has 1 amide bonds. The first kappa shape index (κ1) is 17.7. The number of benzene rings is 2. The van der Waals surface area contributed by atoms with Gasteiger partial charge in [0.2, 0.25) is 5.91 Å². The van der Waals surface area contributed by atoms with Crippen LogP contribution in [0.3, 0.4) is 0 Å². The van der Waals surface area contributed by atoms with Gasteiger partial charge in [0.1, 0.15) is 5.75 Å². The zero-order valence-electron chi connectivity index (χ0n) is 13.0. The summed E-state index contributed by atoms with van der Waals surface area (Å²) in [4.78, 5) is 11.8. The highest BCUT2D eigenvalue weighted by atomic mass is 19.4. The molecular formula is C17H17F3N2O2. The van der Waals surface area contributed by atoms with Crippen LogP contribution in [0.25, 0.3) is 0 Å². The standard InChI is InChI=1S/C17H17F3N2O2/c1-24-15-7-5-13(6-8-15)22-16(23)9-10-21-14-4-2-3-12(11-14)17(18,19)20/h2-8,11,21H,9-10H2,1H3,(H,22,23). The highest BCUT2D eigenvalue weighted by Crippen LogP contribution is 2.30. The average Bonchev–Trinajstić information content (AvgIpc) is 2.55. The zero-order chi connectivity index (χ0) is 17.6. The molecule has 2 N–H and O–H groups in total. The summed E-state index contributed by atoms with van der Waals surface area (Å²) < 4.78 is 42.9. The largest absolute Gasteiger partial charge is 0.497 e. The Morgan fingerprint density at radius 1 is 1.08 bits per heavy atom. The third-order valence-electron chi connectivity index (χ3n) is 3.24. The lowest BCUT2D eigenvalue weighted by Crippen LogP contribution is -2.16. The molecule has 0 aromatic heterocycles. The number of hydrogen-bond donors (Lipinski definition) is 2. The van der Waals surface area contributed by atoms with Crippen LogP contribution < -0.4 is 15.4 Å². The molecule has 0 saturated heterocycles. The summed E-state index contributed by atoms with van der Waals surface area (Å²) in [6, 6.07) is 11.7.